The van der Waals surface area contributed by atoms with Crippen LogP contribution in [0, 0.1) is 0 Å². The Balaban J connectivity index is 2.41. The zero-order valence-corrected chi connectivity index (χ0v) is 9.49. The summed E-state index contributed by atoms with van der Waals surface area (Å²) in [4.78, 5) is 4.05. The zero-order valence-electron chi connectivity index (χ0n) is 7.86. The summed E-state index contributed by atoms with van der Waals surface area (Å²) in [6.45, 7) is 4.01. The lowest BCUT2D eigenvalue weighted by Gasteiger charge is -2.23. The third kappa shape index (κ3) is 3.25. The van der Waals surface area contributed by atoms with Crippen LogP contribution in [0.25, 0.3) is 0 Å². The molecule has 0 unspecified atom stereocenters. The van der Waals surface area contributed by atoms with Gasteiger partial charge in [0, 0.05) is 5.75 Å². The van der Waals surface area contributed by atoms with E-state index in [-0.39, 0.29) is 0 Å². The molecule has 0 aliphatic rings. The second kappa shape index (κ2) is 4.93. The Morgan fingerprint density at radius 1 is 1.54 bits per heavy atom. The van der Waals surface area contributed by atoms with E-state index in [0.29, 0.717) is 5.75 Å². The third-order valence-corrected chi connectivity index (χ3v) is 4.19. The maximum atomic E-state index is 9.96. The van der Waals surface area contributed by atoms with Crippen LogP contribution in [0.4, 0.5) is 0 Å². The number of aliphatic hydroxyl groups is 1. The van der Waals surface area contributed by atoms with Crippen LogP contribution in [0.15, 0.2) is 10.7 Å². The van der Waals surface area contributed by atoms with Gasteiger partial charge in [0.2, 0.25) is 0 Å². The van der Waals surface area contributed by atoms with E-state index >= 15 is 0 Å². The number of thioether (sulfide) groups is 1. The minimum Gasteiger partial charge on any atom is -0.389 e. The summed E-state index contributed by atoms with van der Waals surface area (Å²) in [5.41, 5.74) is -0.545. The molecule has 3 nitrogen and oxygen atoms in total. The third-order valence-electron chi connectivity index (χ3n) is 2.12. The normalized spacial score (nSPS) is 11.9. The van der Waals surface area contributed by atoms with Gasteiger partial charge in [-0.3, -0.25) is 0 Å². The molecule has 1 N–H and O–H groups in total. The topological polar surface area (TPSA) is 46.0 Å². The van der Waals surface area contributed by atoms with Crippen LogP contribution in [0.1, 0.15) is 26.7 Å². The number of hydrogen-bond donors (Lipinski definition) is 1. The van der Waals surface area contributed by atoms with Gasteiger partial charge in [-0.05, 0) is 24.4 Å². The molecule has 0 fully saturated rings. The SMILES string of the molecule is CCC(O)(CC)CSc1ncns1. The molecule has 1 aromatic rings. The van der Waals surface area contributed by atoms with Crippen molar-refractivity contribution in [1.29, 1.82) is 0 Å². The van der Waals surface area contributed by atoms with Crippen LogP contribution >= 0.6 is 23.3 Å². The maximum absolute atomic E-state index is 9.96. The quantitative estimate of drug-likeness (QED) is 0.769. The summed E-state index contributed by atoms with van der Waals surface area (Å²) in [6.07, 6.45) is 3.12. The molecule has 0 atom stereocenters. The maximum Gasteiger partial charge on any atom is 0.169 e. The first-order chi connectivity index (χ1) is 6.20. The van der Waals surface area contributed by atoms with Gasteiger partial charge in [0.05, 0.1) is 5.60 Å². The Kier molecular flexibility index (Phi) is 4.15. The van der Waals surface area contributed by atoms with Crippen LogP contribution in [0.2, 0.25) is 0 Å². The Morgan fingerprint density at radius 3 is 2.69 bits per heavy atom. The second-order valence-electron chi connectivity index (χ2n) is 2.93. The molecule has 0 aliphatic carbocycles. The van der Waals surface area contributed by atoms with Crippen molar-refractivity contribution >= 4 is 23.3 Å². The molecule has 13 heavy (non-hydrogen) atoms. The fourth-order valence-electron chi connectivity index (χ4n) is 0.877. The van der Waals surface area contributed by atoms with Crippen molar-refractivity contribution in [1.82, 2.24) is 9.36 Å². The molecule has 0 saturated heterocycles. The van der Waals surface area contributed by atoms with Gasteiger partial charge in [0.25, 0.3) is 0 Å². The predicted molar refractivity (Wildman–Crippen MR) is 56.2 cm³/mol. The van der Waals surface area contributed by atoms with E-state index in [1.165, 1.54) is 11.5 Å². The largest absolute Gasteiger partial charge is 0.389 e. The Bertz CT molecular complexity index is 234. The summed E-state index contributed by atoms with van der Waals surface area (Å²) in [5, 5.41) is 9.96. The molecule has 1 aromatic heterocycles. The van der Waals surface area contributed by atoms with E-state index < -0.39 is 5.60 Å². The molecule has 0 saturated carbocycles. The van der Waals surface area contributed by atoms with Crippen LogP contribution in [0.5, 0.6) is 0 Å². The van der Waals surface area contributed by atoms with Gasteiger partial charge in [0.1, 0.15) is 6.33 Å². The van der Waals surface area contributed by atoms with Gasteiger partial charge in [0.15, 0.2) is 4.34 Å². The number of aromatic nitrogens is 2. The zero-order chi connectivity index (χ0) is 9.73. The first-order valence-electron chi connectivity index (χ1n) is 4.32. The van der Waals surface area contributed by atoms with Gasteiger partial charge in [-0.1, -0.05) is 25.6 Å². The first kappa shape index (κ1) is 10.9. The average molecular weight is 218 g/mol. The van der Waals surface area contributed by atoms with Gasteiger partial charge in [-0.15, -0.1) is 0 Å². The van der Waals surface area contributed by atoms with E-state index in [2.05, 4.69) is 9.36 Å². The van der Waals surface area contributed by atoms with E-state index in [4.69, 9.17) is 0 Å². The minimum atomic E-state index is -0.545. The number of rotatable bonds is 5. The molecular formula is C8H14N2OS2. The summed E-state index contributed by atoms with van der Waals surface area (Å²) in [5.74, 6) is 0.704. The summed E-state index contributed by atoms with van der Waals surface area (Å²) >= 11 is 2.95. The van der Waals surface area contributed by atoms with Gasteiger partial charge >= 0.3 is 0 Å². The standard InChI is InChI=1S/C8H14N2OS2/c1-3-8(11,4-2)5-12-7-9-6-10-13-7/h6,11H,3-5H2,1-2H3. The van der Waals surface area contributed by atoms with E-state index in [1.54, 1.807) is 18.1 Å². The summed E-state index contributed by atoms with van der Waals surface area (Å²) < 4.78 is 4.83. The fraction of sp³-hybridized carbons (Fsp3) is 0.750. The van der Waals surface area contributed by atoms with Crippen LogP contribution < -0.4 is 0 Å². The Hall–Kier alpha value is -0.130. The molecule has 1 heterocycles. The van der Waals surface area contributed by atoms with E-state index in [1.807, 2.05) is 13.8 Å². The molecule has 0 aromatic carbocycles. The molecule has 0 bridgehead atoms. The van der Waals surface area contributed by atoms with Crippen LogP contribution in [0.3, 0.4) is 0 Å². The number of hydrogen-bond acceptors (Lipinski definition) is 5. The lowest BCUT2D eigenvalue weighted by Crippen LogP contribution is -2.29. The molecule has 74 valence electrons. The highest BCUT2D eigenvalue weighted by Crippen LogP contribution is 2.26. The number of nitrogens with zero attached hydrogens (tertiary/aromatic N) is 2. The summed E-state index contributed by atoms with van der Waals surface area (Å²) in [7, 11) is 0. The predicted octanol–water partition coefficient (Wildman–Crippen LogP) is 2.18. The van der Waals surface area contributed by atoms with Crippen LogP contribution in [-0.4, -0.2) is 25.8 Å². The molecular weight excluding hydrogens is 204 g/mol. The molecule has 0 spiro atoms. The average Bonchev–Trinajstić information content (AvgIpc) is 2.67. The van der Waals surface area contributed by atoms with Gasteiger partial charge in [-0.25, -0.2) is 4.98 Å². The van der Waals surface area contributed by atoms with Crippen molar-refractivity contribution in [3.05, 3.63) is 6.33 Å². The van der Waals surface area contributed by atoms with Crippen LogP contribution in [-0.2, 0) is 0 Å². The van der Waals surface area contributed by atoms with Crippen molar-refractivity contribution in [2.45, 2.75) is 36.6 Å². The highest BCUT2D eigenvalue weighted by Gasteiger charge is 2.22. The highest BCUT2D eigenvalue weighted by atomic mass is 32.2. The highest BCUT2D eigenvalue weighted by molar-refractivity contribution is 8.01. The van der Waals surface area contributed by atoms with Crippen molar-refractivity contribution in [3.63, 3.8) is 0 Å². The van der Waals surface area contributed by atoms with Crippen molar-refractivity contribution in [2.75, 3.05) is 5.75 Å². The monoisotopic (exact) mass is 218 g/mol. The van der Waals surface area contributed by atoms with Gasteiger partial charge in [-0.2, -0.15) is 4.37 Å². The molecule has 5 heteroatoms. The van der Waals surface area contributed by atoms with E-state index in [0.717, 1.165) is 17.2 Å². The first-order valence-corrected chi connectivity index (χ1v) is 6.08. The molecule has 0 aliphatic heterocycles. The fourth-order valence-corrected chi connectivity index (χ4v) is 2.59. The lowest BCUT2D eigenvalue weighted by molar-refractivity contribution is 0.0572. The summed E-state index contributed by atoms with van der Waals surface area (Å²) in [6, 6.07) is 0. The van der Waals surface area contributed by atoms with E-state index in [9.17, 15) is 5.11 Å². The Labute approximate surface area is 86.8 Å². The van der Waals surface area contributed by atoms with Crippen molar-refractivity contribution in [3.8, 4) is 0 Å². The van der Waals surface area contributed by atoms with Gasteiger partial charge < -0.3 is 5.11 Å². The van der Waals surface area contributed by atoms with Crippen molar-refractivity contribution in [2.24, 2.45) is 0 Å². The second-order valence-corrected chi connectivity index (χ2v) is 4.93. The lowest BCUT2D eigenvalue weighted by atomic mass is 10.0. The Morgan fingerprint density at radius 2 is 2.23 bits per heavy atom. The van der Waals surface area contributed by atoms with Crippen molar-refractivity contribution < 1.29 is 5.11 Å². The molecule has 0 radical (unpaired) electrons. The molecule has 0 amide bonds. The minimum absolute atomic E-state index is 0.545. The molecule has 1 rings (SSSR count). The smallest absolute Gasteiger partial charge is 0.169 e.